The van der Waals surface area contributed by atoms with Crippen molar-refractivity contribution >= 4 is 5.71 Å². The van der Waals surface area contributed by atoms with E-state index in [4.69, 9.17) is 0 Å². The Labute approximate surface area is 90.0 Å². The quantitative estimate of drug-likeness (QED) is 0.558. The summed E-state index contributed by atoms with van der Waals surface area (Å²) in [5.74, 6) is 0. The third-order valence-corrected chi connectivity index (χ3v) is 2.78. The molecule has 1 N–H and O–H groups in total. The molecule has 0 aromatic heterocycles. The molecule has 3 nitrogen and oxygen atoms in total. The summed E-state index contributed by atoms with van der Waals surface area (Å²) in [6, 6.07) is 9.81. The fourth-order valence-electron chi connectivity index (χ4n) is 2.20. The highest BCUT2D eigenvalue weighted by Gasteiger charge is 2.42. The number of rotatable bonds is 1. The molecule has 1 aliphatic rings. The molecule has 1 aromatic rings. The van der Waals surface area contributed by atoms with Crippen LogP contribution in [-0.2, 0) is 0 Å². The summed E-state index contributed by atoms with van der Waals surface area (Å²) in [6.45, 7) is 5.94. The molecule has 1 heterocycles. The van der Waals surface area contributed by atoms with E-state index < -0.39 is 0 Å². The van der Waals surface area contributed by atoms with Crippen molar-refractivity contribution in [1.29, 1.82) is 0 Å². The van der Waals surface area contributed by atoms with E-state index in [1.54, 1.807) is 0 Å². The Hall–Kier alpha value is -1.35. The van der Waals surface area contributed by atoms with Gasteiger partial charge < -0.3 is 5.21 Å². The first-order valence-electron chi connectivity index (χ1n) is 5.19. The van der Waals surface area contributed by atoms with Crippen molar-refractivity contribution in [2.24, 2.45) is 0 Å². The smallest absolute Gasteiger partial charge is 0.215 e. The second kappa shape index (κ2) is 3.35. The zero-order chi connectivity index (χ0) is 11.1. The zero-order valence-electron chi connectivity index (χ0n) is 9.32. The Morgan fingerprint density at radius 3 is 2.33 bits per heavy atom. The second-order valence-electron chi connectivity index (χ2n) is 4.49. The van der Waals surface area contributed by atoms with Gasteiger partial charge in [-0.3, -0.25) is 0 Å². The van der Waals surface area contributed by atoms with Crippen molar-refractivity contribution in [3.05, 3.63) is 41.1 Å². The molecule has 0 bridgehead atoms. The number of benzene rings is 1. The second-order valence-corrected chi connectivity index (χ2v) is 4.49. The molecule has 1 unspecified atom stereocenters. The molecule has 1 aliphatic heterocycles. The van der Waals surface area contributed by atoms with Crippen LogP contribution in [0.1, 0.15) is 26.3 Å². The van der Waals surface area contributed by atoms with Gasteiger partial charge in [-0.25, -0.2) is 5.32 Å². The van der Waals surface area contributed by atoms with E-state index in [1.807, 2.05) is 51.1 Å². The summed E-state index contributed by atoms with van der Waals surface area (Å²) in [4.78, 5) is 0. The Balaban J connectivity index is 2.52. The van der Waals surface area contributed by atoms with Crippen LogP contribution in [0.2, 0.25) is 0 Å². The summed E-state index contributed by atoms with van der Waals surface area (Å²) in [7, 11) is 0. The lowest BCUT2D eigenvalue weighted by Crippen LogP contribution is -2.43. The molecule has 15 heavy (non-hydrogen) atoms. The highest BCUT2D eigenvalue weighted by Crippen LogP contribution is 2.20. The topological polar surface area (TPSA) is 38.1 Å². The number of hydroxylamine groups is 1. The van der Waals surface area contributed by atoms with E-state index in [0.29, 0.717) is 0 Å². The van der Waals surface area contributed by atoms with Crippen molar-refractivity contribution in [3.8, 4) is 0 Å². The summed E-state index contributed by atoms with van der Waals surface area (Å²) in [6.07, 6.45) is -0.157. The maximum Gasteiger partial charge on any atom is 0.215 e. The molecule has 0 fully saturated rings. The molecule has 3 heteroatoms. The minimum absolute atomic E-state index is 0.157. The SMILES string of the molecule is CC1NC(C)(C)C(c2ccccc2)=[N+]1[O-]. The summed E-state index contributed by atoms with van der Waals surface area (Å²) < 4.78 is 1.06. The van der Waals surface area contributed by atoms with E-state index in [0.717, 1.165) is 16.0 Å². The van der Waals surface area contributed by atoms with Crippen molar-refractivity contribution < 1.29 is 4.74 Å². The van der Waals surface area contributed by atoms with Gasteiger partial charge in [-0.1, -0.05) is 18.2 Å². The highest BCUT2D eigenvalue weighted by molar-refractivity contribution is 6.04. The van der Waals surface area contributed by atoms with Crippen LogP contribution in [0.25, 0.3) is 0 Å². The number of hydrogen-bond acceptors (Lipinski definition) is 2. The van der Waals surface area contributed by atoms with Gasteiger partial charge in [0.15, 0.2) is 0 Å². The van der Waals surface area contributed by atoms with Crippen LogP contribution in [0, 0.1) is 5.21 Å². The van der Waals surface area contributed by atoms with E-state index in [9.17, 15) is 5.21 Å². The molecule has 0 spiro atoms. The largest absolute Gasteiger partial charge is 0.622 e. The van der Waals surface area contributed by atoms with Gasteiger partial charge in [0.05, 0.1) is 0 Å². The van der Waals surface area contributed by atoms with E-state index in [2.05, 4.69) is 5.32 Å². The van der Waals surface area contributed by atoms with Crippen LogP contribution < -0.4 is 5.32 Å². The molecule has 0 saturated heterocycles. The Bertz CT molecular complexity index is 395. The monoisotopic (exact) mass is 204 g/mol. The number of nitrogens with zero attached hydrogens (tertiary/aromatic N) is 1. The average molecular weight is 204 g/mol. The lowest BCUT2D eigenvalue weighted by atomic mass is 9.93. The molecule has 0 saturated carbocycles. The third kappa shape index (κ3) is 1.63. The van der Waals surface area contributed by atoms with Crippen molar-refractivity contribution in [3.63, 3.8) is 0 Å². The van der Waals surface area contributed by atoms with Gasteiger partial charge in [0.1, 0.15) is 5.54 Å². The first-order chi connectivity index (χ1) is 7.02. The highest BCUT2D eigenvalue weighted by atomic mass is 16.5. The Kier molecular flexibility index (Phi) is 2.27. The first-order valence-corrected chi connectivity index (χ1v) is 5.19. The maximum absolute atomic E-state index is 11.9. The minimum atomic E-state index is -0.261. The third-order valence-electron chi connectivity index (χ3n) is 2.78. The maximum atomic E-state index is 11.9. The molecule has 1 aromatic carbocycles. The average Bonchev–Trinajstić information content (AvgIpc) is 2.37. The number of hydrogen-bond donors (Lipinski definition) is 1. The lowest BCUT2D eigenvalue weighted by Gasteiger charge is -2.16. The van der Waals surface area contributed by atoms with Crippen LogP contribution in [0.3, 0.4) is 0 Å². The summed E-state index contributed by atoms with van der Waals surface area (Å²) >= 11 is 0. The van der Waals surface area contributed by atoms with Gasteiger partial charge in [0, 0.05) is 12.5 Å². The Morgan fingerprint density at radius 1 is 1.27 bits per heavy atom. The first kappa shape index (κ1) is 10.2. The minimum Gasteiger partial charge on any atom is -0.622 e. The van der Waals surface area contributed by atoms with Crippen LogP contribution >= 0.6 is 0 Å². The fraction of sp³-hybridized carbons (Fsp3) is 0.417. The molecule has 1 atom stereocenters. The fourth-order valence-corrected chi connectivity index (χ4v) is 2.20. The molecule has 0 amide bonds. The molecular weight excluding hydrogens is 188 g/mol. The molecule has 80 valence electrons. The molecule has 0 radical (unpaired) electrons. The molecule has 0 aliphatic carbocycles. The van der Waals surface area contributed by atoms with Gasteiger partial charge in [-0.15, -0.1) is 0 Å². The predicted molar refractivity (Wildman–Crippen MR) is 60.9 cm³/mol. The van der Waals surface area contributed by atoms with Gasteiger partial charge in [-0.05, 0) is 26.0 Å². The lowest BCUT2D eigenvalue weighted by molar-refractivity contribution is -0.492. The van der Waals surface area contributed by atoms with Gasteiger partial charge in [-0.2, -0.15) is 4.74 Å². The normalized spacial score (nSPS) is 24.6. The van der Waals surface area contributed by atoms with Crippen LogP contribution in [0.15, 0.2) is 30.3 Å². The zero-order valence-corrected chi connectivity index (χ0v) is 9.32. The molecule has 2 rings (SSSR count). The summed E-state index contributed by atoms with van der Waals surface area (Å²) in [5.41, 5.74) is 1.55. The van der Waals surface area contributed by atoms with Crippen LogP contribution in [0.4, 0.5) is 0 Å². The van der Waals surface area contributed by atoms with E-state index >= 15 is 0 Å². The Morgan fingerprint density at radius 2 is 1.87 bits per heavy atom. The van der Waals surface area contributed by atoms with Crippen molar-refractivity contribution in [1.82, 2.24) is 5.32 Å². The van der Waals surface area contributed by atoms with E-state index in [1.165, 1.54) is 0 Å². The van der Waals surface area contributed by atoms with Crippen LogP contribution in [0.5, 0.6) is 0 Å². The van der Waals surface area contributed by atoms with Crippen molar-refractivity contribution in [2.45, 2.75) is 32.5 Å². The van der Waals surface area contributed by atoms with Gasteiger partial charge >= 0.3 is 0 Å². The standard InChI is InChI=1S/C12H16N2O/c1-9-13-12(2,3)11(14(9)15)10-7-5-4-6-8-10/h4-9,13H,1-3H3. The number of nitrogens with one attached hydrogen (secondary N) is 1. The van der Waals surface area contributed by atoms with Gasteiger partial charge in [0.2, 0.25) is 11.9 Å². The molecular formula is C12H16N2O. The summed E-state index contributed by atoms with van der Waals surface area (Å²) in [5, 5.41) is 15.2. The predicted octanol–water partition coefficient (Wildman–Crippen LogP) is 1.71. The van der Waals surface area contributed by atoms with Crippen molar-refractivity contribution in [2.75, 3.05) is 0 Å². The van der Waals surface area contributed by atoms with Crippen LogP contribution in [-0.4, -0.2) is 22.2 Å². The van der Waals surface area contributed by atoms with Gasteiger partial charge in [0.25, 0.3) is 0 Å². The van der Waals surface area contributed by atoms with E-state index in [-0.39, 0.29) is 11.7 Å².